The van der Waals surface area contributed by atoms with E-state index in [1.54, 1.807) is 7.11 Å². The van der Waals surface area contributed by atoms with Crippen LogP contribution in [0.3, 0.4) is 0 Å². The van der Waals surface area contributed by atoms with Crippen molar-refractivity contribution in [1.29, 1.82) is 0 Å². The first kappa shape index (κ1) is 17.2. The summed E-state index contributed by atoms with van der Waals surface area (Å²) in [5.41, 5.74) is 4.97. The standard InChI is InChI=1S/C22H27NO3/c1-4-25-19-10-8-15(13-20(19)24-3)21-16-6-5-11-26-22(16)17-12-14(2)7-9-18(17)23-21/h7-10,12-13,16,21-23H,4-6,11H2,1-3H3/t16-,21-,22-/m0/s1. The minimum Gasteiger partial charge on any atom is -0.493 e. The SMILES string of the molecule is CCOc1ccc([C@@H]2Nc3ccc(C)cc3[C@H]3OCCC[C@H]32)cc1OC. The van der Waals surface area contributed by atoms with Gasteiger partial charge in [-0.2, -0.15) is 0 Å². The van der Waals surface area contributed by atoms with Gasteiger partial charge in [0.15, 0.2) is 11.5 Å². The zero-order chi connectivity index (χ0) is 18.1. The summed E-state index contributed by atoms with van der Waals surface area (Å²) in [7, 11) is 1.69. The number of rotatable bonds is 4. The maximum atomic E-state index is 6.24. The molecule has 0 aromatic heterocycles. The summed E-state index contributed by atoms with van der Waals surface area (Å²) in [6.07, 6.45) is 2.42. The van der Waals surface area contributed by atoms with Gasteiger partial charge in [-0.25, -0.2) is 0 Å². The van der Waals surface area contributed by atoms with Crippen LogP contribution in [0.5, 0.6) is 11.5 Å². The van der Waals surface area contributed by atoms with Gasteiger partial charge >= 0.3 is 0 Å². The number of methoxy groups -OCH3 is 1. The van der Waals surface area contributed by atoms with Crippen LogP contribution in [0.2, 0.25) is 0 Å². The van der Waals surface area contributed by atoms with Crippen molar-refractivity contribution in [2.75, 3.05) is 25.6 Å². The summed E-state index contributed by atoms with van der Waals surface area (Å²) in [5, 5.41) is 3.77. The van der Waals surface area contributed by atoms with E-state index < -0.39 is 0 Å². The molecule has 26 heavy (non-hydrogen) atoms. The van der Waals surface area contributed by atoms with E-state index in [4.69, 9.17) is 14.2 Å². The number of benzene rings is 2. The maximum absolute atomic E-state index is 6.24. The first-order valence-corrected chi connectivity index (χ1v) is 9.50. The number of ether oxygens (including phenoxy) is 3. The predicted octanol–water partition coefficient (Wildman–Crippen LogP) is 5.04. The highest BCUT2D eigenvalue weighted by atomic mass is 16.5. The Balaban J connectivity index is 1.73. The van der Waals surface area contributed by atoms with Gasteiger partial charge in [0.25, 0.3) is 0 Å². The number of aryl methyl sites for hydroxylation is 1. The molecule has 0 aliphatic carbocycles. The van der Waals surface area contributed by atoms with Crippen molar-refractivity contribution in [1.82, 2.24) is 0 Å². The first-order valence-electron chi connectivity index (χ1n) is 9.50. The van der Waals surface area contributed by atoms with Crippen LogP contribution in [0.15, 0.2) is 36.4 Å². The minimum absolute atomic E-state index is 0.155. The molecule has 0 spiro atoms. The number of anilines is 1. The van der Waals surface area contributed by atoms with E-state index in [-0.39, 0.29) is 12.1 Å². The van der Waals surface area contributed by atoms with E-state index in [0.717, 1.165) is 30.9 Å². The average molecular weight is 353 g/mol. The third-order valence-electron chi connectivity index (χ3n) is 5.47. The van der Waals surface area contributed by atoms with Gasteiger partial charge in [0.2, 0.25) is 0 Å². The lowest BCUT2D eigenvalue weighted by atomic mass is 9.77. The molecule has 1 fully saturated rings. The van der Waals surface area contributed by atoms with E-state index >= 15 is 0 Å². The van der Waals surface area contributed by atoms with Crippen molar-refractivity contribution in [3.8, 4) is 11.5 Å². The van der Waals surface area contributed by atoms with E-state index in [0.29, 0.717) is 12.5 Å². The molecule has 2 aromatic rings. The van der Waals surface area contributed by atoms with Gasteiger partial charge in [0.05, 0.1) is 25.9 Å². The van der Waals surface area contributed by atoms with Gasteiger partial charge < -0.3 is 19.5 Å². The Labute approximate surface area is 155 Å². The van der Waals surface area contributed by atoms with Gasteiger partial charge in [0.1, 0.15) is 0 Å². The fraction of sp³-hybridized carbons (Fsp3) is 0.455. The second kappa shape index (κ2) is 7.20. The smallest absolute Gasteiger partial charge is 0.161 e. The molecule has 0 radical (unpaired) electrons. The third-order valence-corrected chi connectivity index (χ3v) is 5.47. The molecule has 138 valence electrons. The van der Waals surface area contributed by atoms with Crippen molar-refractivity contribution in [3.63, 3.8) is 0 Å². The molecule has 0 saturated carbocycles. The molecular formula is C22H27NO3. The van der Waals surface area contributed by atoms with Gasteiger partial charge in [-0.3, -0.25) is 0 Å². The number of fused-ring (bicyclic) bond motifs is 3. The summed E-state index contributed by atoms with van der Waals surface area (Å²) < 4.78 is 17.5. The highest BCUT2D eigenvalue weighted by Crippen LogP contribution is 2.50. The topological polar surface area (TPSA) is 39.7 Å². The molecule has 0 unspecified atom stereocenters. The first-order chi connectivity index (χ1) is 12.7. The Kier molecular flexibility index (Phi) is 4.77. The van der Waals surface area contributed by atoms with Crippen molar-refractivity contribution in [3.05, 3.63) is 53.1 Å². The predicted molar refractivity (Wildman–Crippen MR) is 103 cm³/mol. The summed E-state index contributed by atoms with van der Waals surface area (Å²) in [5.74, 6) is 2.00. The molecule has 4 heteroatoms. The van der Waals surface area contributed by atoms with E-state index in [2.05, 4.69) is 42.6 Å². The number of nitrogens with one attached hydrogen (secondary N) is 1. The average Bonchev–Trinajstić information content (AvgIpc) is 2.68. The van der Waals surface area contributed by atoms with E-state index in [9.17, 15) is 0 Å². The van der Waals surface area contributed by atoms with Crippen molar-refractivity contribution in [2.24, 2.45) is 5.92 Å². The lowest BCUT2D eigenvalue weighted by molar-refractivity contribution is -0.0381. The molecule has 2 aromatic carbocycles. The zero-order valence-corrected chi connectivity index (χ0v) is 15.7. The Morgan fingerprint density at radius 1 is 1.15 bits per heavy atom. The quantitative estimate of drug-likeness (QED) is 0.836. The number of hydrogen-bond acceptors (Lipinski definition) is 4. The van der Waals surface area contributed by atoms with Crippen LogP contribution in [0, 0.1) is 12.8 Å². The number of hydrogen-bond donors (Lipinski definition) is 1. The van der Waals surface area contributed by atoms with Crippen LogP contribution in [0.4, 0.5) is 5.69 Å². The fourth-order valence-electron chi connectivity index (χ4n) is 4.27. The summed E-state index contributed by atoms with van der Waals surface area (Å²) in [6.45, 7) is 5.59. The van der Waals surface area contributed by atoms with Crippen molar-refractivity contribution in [2.45, 2.75) is 38.8 Å². The molecule has 1 saturated heterocycles. The zero-order valence-electron chi connectivity index (χ0n) is 15.7. The highest BCUT2D eigenvalue weighted by Gasteiger charge is 2.40. The van der Waals surface area contributed by atoms with Gasteiger partial charge in [-0.15, -0.1) is 0 Å². The van der Waals surface area contributed by atoms with Gasteiger partial charge in [0, 0.05) is 23.8 Å². The maximum Gasteiger partial charge on any atom is 0.161 e. The fourth-order valence-corrected chi connectivity index (χ4v) is 4.27. The largest absolute Gasteiger partial charge is 0.493 e. The monoisotopic (exact) mass is 353 g/mol. The van der Waals surface area contributed by atoms with Gasteiger partial charge in [-0.1, -0.05) is 23.8 Å². The summed E-state index contributed by atoms with van der Waals surface area (Å²) in [4.78, 5) is 0. The second-order valence-electron chi connectivity index (χ2n) is 7.15. The molecule has 0 bridgehead atoms. The molecule has 0 amide bonds. The molecule has 2 aliphatic heterocycles. The van der Waals surface area contributed by atoms with E-state index in [1.165, 1.54) is 22.4 Å². The van der Waals surface area contributed by atoms with Gasteiger partial charge in [-0.05, 0) is 50.5 Å². The van der Waals surface area contributed by atoms with Crippen LogP contribution < -0.4 is 14.8 Å². The van der Waals surface area contributed by atoms with Crippen molar-refractivity contribution >= 4 is 5.69 Å². The third kappa shape index (κ3) is 3.03. The normalized spacial score (nSPS) is 24.2. The Morgan fingerprint density at radius 3 is 2.85 bits per heavy atom. The van der Waals surface area contributed by atoms with Crippen molar-refractivity contribution < 1.29 is 14.2 Å². The Morgan fingerprint density at radius 2 is 2.04 bits per heavy atom. The second-order valence-corrected chi connectivity index (χ2v) is 7.15. The van der Waals surface area contributed by atoms with Crippen LogP contribution in [0.1, 0.15) is 48.6 Å². The van der Waals surface area contributed by atoms with Crippen LogP contribution in [-0.2, 0) is 4.74 Å². The van der Waals surface area contributed by atoms with Crippen LogP contribution >= 0.6 is 0 Å². The Hall–Kier alpha value is -2.20. The lowest BCUT2D eigenvalue weighted by Crippen LogP contribution is -2.36. The lowest BCUT2D eigenvalue weighted by Gasteiger charge is -2.43. The summed E-state index contributed by atoms with van der Waals surface area (Å²) >= 11 is 0. The molecule has 2 heterocycles. The molecule has 3 atom stereocenters. The molecule has 4 rings (SSSR count). The van der Waals surface area contributed by atoms with Crippen LogP contribution in [-0.4, -0.2) is 20.3 Å². The molecule has 2 aliphatic rings. The summed E-state index contributed by atoms with van der Waals surface area (Å²) in [6, 6.07) is 13.1. The minimum atomic E-state index is 0.155. The molecular weight excluding hydrogens is 326 g/mol. The van der Waals surface area contributed by atoms with Crippen LogP contribution in [0.25, 0.3) is 0 Å². The Bertz CT molecular complexity index is 789. The highest BCUT2D eigenvalue weighted by molar-refractivity contribution is 5.59. The van der Waals surface area contributed by atoms with E-state index in [1.807, 2.05) is 13.0 Å². The molecule has 4 nitrogen and oxygen atoms in total. The molecule has 1 N–H and O–H groups in total.